The molecule has 1 aliphatic heterocycles. The van der Waals surface area contributed by atoms with Crippen LogP contribution in [0, 0.1) is 0 Å². The number of amides is 2. The Morgan fingerprint density at radius 2 is 2.29 bits per heavy atom. The molecule has 1 fully saturated rings. The van der Waals surface area contributed by atoms with Gasteiger partial charge in [-0.1, -0.05) is 11.6 Å². The summed E-state index contributed by atoms with van der Waals surface area (Å²) < 4.78 is 1.67. The fourth-order valence-electron chi connectivity index (χ4n) is 1.88. The van der Waals surface area contributed by atoms with Gasteiger partial charge in [-0.25, -0.2) is 0 Å². The molecule has 1 aliphatic rings. The van der Waals surface area contributed by atoms with E-state index < -0.39 is 0 Å². The zero-order valence-electron chi connectivity index (χ0n) is 9.57. The molecule has 0 atom stereocenters. The van der Waals surface area contributed by atoms with Crippen molar-refractivity contribution in [3.05, 3.63) is 23.0 Å². The zero-order valence-corrected chi connectivity index (χ0v) is 10.3. The smallest absolute Gasteiger partial charge is 0.270 e. The van der Waals surface area contributed by atoms with Crippen LogP contribution in [0.1, 0.15) is 16.9 Å². The predicted octanol–water partition coefficient (Wildman–Crippen LogP) is 0.641. The van der Waals surface area contributed by atoms with Gasteiger partial charge in [-0.05, 0) is 12.5 Å². The number of carbonyl (C=O) groups excluding carboxylic acids is 2. The summed E-state index contributed by atoms with van der Waals surface area (Å²) in [6.45, 7) is 1.32. The minimum atomic E-state index is -0.156. The Morgan fingerprint density at radius 3 is 2.94 bits per heavy atom. The molecule has 92 valence electrons. The Balaban J connectivity index is 2.18. The van der Waals surface area contributed by atoms with E-state index in [1.165, 1.54) is 0 Å². The summed E-state index contributed by atoms with van der Waals surface area (Å²) in [5, 5.41) is 3.26. The first-order valence-corrected chi connectivity index (χ1v) is 5.83. The van der Waals surface area contributed by atoms with Gasteiger partial charge in [-0.15, -0.1) is 0 Å². The molecule has 0 aromatic carbocycles. The van der Waals surface area contributed by atoms with Gasteiger partial charge < -0.3 is 14.8 Å². The molecular weight excluding hydrogens is 242 g/mol. The molecule has 6 heteroatoms. The van der Waals surface area contributed by atoms with Gasteiger partial charge in [-0.2, -0.15) is 0 Å². The van der Waals surface area contributed by atoms with Gasteiger partial charge >= 0.3 is 0 Å². The summed E-state index contributed by atoms with van der Waals surface area (Å²) in [7, 11) is 1.76. The van der Waals surface area contributed by atoms with E-state index in [-0.39, 0.29) is 18.4 Å². The molecule has 0 radical (unpaired) electrons. The van der Waals surface area contributed by atoms with E-state index in [4.69, 9.17) is 11.6 Å². The second kappa shape index (κ2) is 4.79. The van der Waals surface area contributed by atoms with Gasteiger partial charge in [0.2, 0.25) is 5.91 Å². The molecule has 2 rings (SSSR count). The number of aromatic nitrogens is 1. The van der Waals surface area contributed by atoms with Crippen LogP contribution in [-0.4, -0.2) is 40.9 Å². The van der Waals surface area contributed by atoms with Gasteiger partial charge in [0.05, 0.1) is 11.6 Å². The highest BCUT2D eigenvalue weighted by molar-refractivity contribution is 6.31. The van der Waals surface area contributed by atoms with Gasteiger partial charge in [0.1, 0.15) is 5.69 Å². The van der Waals surface area contributed by atoms with Gasteiger partial charge in [0.15, 0.2) is 0 Å². The molecule has 1 N–H and O–H groups in total. The Kier molecular flexibility index (Phi) is 3.38. The van der Waals surface area contributed by atoms with E-state index in [1.807, 2.05) is 0 Å². The van der Waals surface area contributed by atoms with Gasteiger partial charge in [0, 0.05) is 26.3 Å². The Bertz CT molecular complexity index is 456. The lowest BCUT2D eigenvalue weighted by molar-refractivity contribution is -0.121. The zero-order chi connectivity index (χ0) is 12.4. The van der Waals surface area contributed by atoms with Crippen molar-refractivity contribution in [1.29, 1.82) is 0 Å². The van der Waals surface area contributed by atoms with Crippen molar-refractivity contribution < 1.29 is 9.59 Å². The molecule has 17 heavy (non-hydrogen) atoms. The minimum absolute atomic E-state index is 0.113. The SMILES string of the molecule is Cn1cc(Cl)cc1C(=O)N1CCCNC(=O)C1. The normalized spacial score (nSPS) is 16.6. The summed E-state index contributed by atoms with van der Waals surface area (Å²) in [5.41, 5.74) is 0.504. The molecule has 2 amide bonds. The second-order valence-electron chi connectivity index (χ2n) is 4.08. The number of rotatable bonds is 1. The summed E-state index contributed by atoms with van der Waals surface area (Å²) in [6, 6.07) is 1.62. The Hall–Kier alpha value is -1.49. The molecule has 1 saturated heterocycles. The summed E-state index contributed by atoms with van der Waals surface area (Å²) in [4.78, 5) is 25.1. The number of nitrogens with zero attached hydrogens (tertiary/aromatic N) is 2. The lowest BCUT2D eigenvalue weighted by Crippen LogP contribution is -2.38. The molecule has 0 aliphatic carbocycles. The van der Waals surface area contributed by atoms with E-state index in [9.17, 15) is 9.59 Å². The highest BCUT2D eigenvalue weighted by Gasteiger charge is 2.22. The van der Waals surface area contributed by atoms with Crippen LogP contribution in [0.4, 0.5) is 0 Å². The highest BCUT2D eigenvalue weighted by atomic mass is 35.5. The van der Waals surface area contributed by atoms with Crippen molar-refractivity contribution in [2.24, 2.45) is 7.05 Å². The third-order valence-electron chi connectivity index (χ3n) is 2.74. The number of hydrogen-bond donors (Lipinski definition) is 1. The molecule has 0 spiro atoms. The number of halogens is 1. The average Bonchev–Trinajstić information content (AvgIpc) is 2.49. The standard InChI is InChI=1S/C11H14ClN3O2/c1-14-6-8(12)5-9(14)11(17)15-4-2-3-13-10(16)7-15/h5-6H,2-4,7H2,1H3,(H,13,16). The van der Waals surface area contributed by atoms with E-state index in [0.717, 1.165) is 6.42 Å². The van der Waals surface area contributed by atoms with Crippen molar-refractivity contribution in [2.45, 2.75) is 6.42 Å². The molecular formula is C11H14ClN3O2. The third kappa shape index (κ3) is 2.61. The fourth-order valence-corrected chi connectivity index (χ4v) is 2.13. The molecule has 1 aromatic rings. The number of carbonyl (C=O) groups is 2. The first kappa shape index (κ1) is 12.0. The molecule has 0 bridgehead atoms. The average molecular weight is 256 g/mol. The lowest BCUT2D eigenvalue weighted by Gasteiger charge is -2.19. The molecule has 5 nitrogen and oxygen atoms in total. The van der Waals surface area contributed by atoms with Crippen molar-refractivity contribution >= 4 is 23.4 Å². The number of hydrogen-bond acceptors (Lipinski definition) is 2. The van der Waals surface area contributed by atoms with Crippen molar-refractivity contribution in [2.75, 3.05) is 19.6 Å². The first-order valence-electron chi connectivity index (χ1n) is 5.46. The topological polar surface area (TPSA) is 54.3 Å². The Labute approximate surface area is 104 Å². The third-order valence-corrected chi connectivity index (χ3v) is 2.95. The largest absolute Gasteiger partial charge is 0.354 e. The maximum absolute atomic E-state index is 12.2. The number of aryl methyl sites for hydroxylation is 1. The molecule has 0 unspecified atom stereocenters. The van der Waals surface area contributed by atoms with E-state index in [0.29, 0.717) is 23.8 Å². The summed E-state index contributed by atoms with van der Waals surface area (Å²) in [6.07, 6.45) is 2.45. The van der Waals surface area contributed by atoms with E-state index in [2.05, 4.69) is 5.32 Å². The van der Waals surface area contributed by atoms with Gasteiger partial charge in [-0.3, -0.25) is 9.59 Å². The number of nitrogens with one attached hydrogen (secondary N) is 1. The monoisotopic (exact) mass is 255 g/mol. The quantitative estimate of drug-likeness (QED) is 0.801. The highest BCUT2D eigenvalue weighted by Crippen LogP contribution is 2.15. The maximum atomic E-state index is 12.2. The van der Waals surface area contributed by atoms with Crippen LogP contribution in [0.15, 0.2) is 12.3 Å². The van der Waals surface area contributed by atoms with Crippen LogP contribution in [0.2, 0.25) is 5.02 Å². The predicted molar refractivity (Wildman–Crippen MR) is 64.0 cm³/mol. The molecule has 1 aromatic heterocycles. The van der Waals surface area contributed by atoms with Crippen LogP contribution < -0.4 is 5.32 Å². The summed E-state index contributed by atoms with van der Waals surface area (Å²) >= 11 is 5.84. The van der Waals surface area contributed by atoms with Crippen LogP contribution in [0.5, 0.6) is 0 Å². The fraction of sp³-hybridized carbons (Fsp3) is 0.455. The minimum Gasteiger partial charge on any atom is -0.354 e. The first-order chi connectivity index (χ1) is 8.08. The van der Waals surface area contributed by atoms with E-state index in [1.54, 1.807) is 28.8 Å². The lowest BCUT2D eigenvalue weighted by atomic mass is 10.3. The van der Waals surface area contributed by atoms with Crippen molar-refractivity contribution in [3.8, 4) is 0 Å². The van der Waals surface area contributed by atoms with Crippen LogP contribution in [-0.2, 0) is 11.8 Å². The molecule has 0 saturated carbocycles. The van der Waals surface area contributed by atoms with Crippen LogP contribution in [0.25, 0.3) is 0 Å². The van der Waals surface area contributed by atoms with Gasteiger partial charge in [0.25, 0.3) is 5.91 Å². The maximum Gasteiger partial charge on any atom is 0.270 e. The summed E-state index contributed by atoms with van der Waals surface area (Å²) in [5.74, 6) is -0.271. The van der Waals surface area contributed by atoms with Crippen LogP contribution in [0.3, 0.4) is 0 Å². The van der Waals surface area contributed by atoms with Crippen LogP contribution >= 0.6 is 11.6 Å². The second-order valence-corrected chi connectivity index (χ2v) is 4.52. The van der Waals surface area contributed by atoms with E-state index >= 15 is 0 Å². The Morgan fingerprint density at radius 1 is 1.53 bits per heavy atom. The molecule has 2 heterocycles. The van der Waals surface area contributed by atoms with Crippen molar-refractivity contribution in [3.63, 3.8) is 0 Å². The van der Waals surface area contributed by atoms with Crippen molar-refractivity contribution in [1.82, 2.24) is 14.8 Å².